The standard InChI is InChI=1S/C23H35N3O2/c27-26(28)23-19-17-22(18-20-23)25-24-21-15-13-11-9-7-5-3-1-2-4-6-8-10-12-14-16-21/h1-2,17-20,25H,3-16H2/b2-1-. The van der Waals surface area contributed by atoms with Crippen LogP contribution >= 0.6 is 0 Å². The van der Waals surface area contributed by atoms with Crippen LogP contribution in [0.5, 0.6) is 0 Å². The molecular formula is C23H35N3O2. The molecule has 1 aliphatic carbocycles. The minimum Gasteiger partial charge on any atom is -0.279 e. The predicted octanol–water partition coefficient (Wildman–Crippen LogP) is 7.39. The highest BCUT2D eigenvalue weighted by Crippen LogP contribution is 2.17. The molecule has 5 heteroatoms. The monoisotopic (exact) mass is 385 g/mol. The van der Waals surface area contributed by atoms with E-state index in [1.807, 2.05) is 0 Å². The number of nitrogens with zero attached hydrogens (tertiary/aromatic N) is 2. The van der Waals surface area contributed by atoms with E-state index in [4.69, 9.17) is 0 Å². The van der Waals surface area contributed by atoms with Crippen LogP contribution in [0.15, 0.2) is 41.5 Å². The molecule has 0 radical (unpaired) electrons. The molecule has 5 nitrogen and oxygen atoms in total. The lowest BCUT2D eigenvalue weighted by Gasteiger charge is -2.08. The van der Waals surface area contributed by atoms with Crippen LogP contribution in [-0.2, 0) is 0 Å². The van der Waals surface area contributed by atoms with E-state index in [0.717, 1.165) is 18.5 Å². The highest BCUT2D eigenvalue weighted by molar-refractivity contribution is 5.85. The van der Waals surface area contributed by atoms with Crippen LogP contribution in [-0.4, -0.2) is 10.6 Å². The molecule has 0 spiro atoms. The van der Waals surface area contributed by atoms with E-state index in [1.54, 1.807) is 12.1 Å². The smallest absolute Gasteiger partial charge is 0.269 e. The summed E-state index contributed by atoms with van der Waals surface area (Å²) in [5.41, 5.74) is 5.23. The van der Waals surface area contributed by atoms with E-state index in [0.29, 0.717) is 0 Å². The van der Waals surface area contributed by atoms with Crippen molar-refractivity contribution in [3.05, 3.63) is 46.5 Å². The van der Waals surface area contributed by atoms with Crippen molar-refractivity contribution in [1.29, 1.82) is 0 Å². The largest absolute Gasteiger partial charge is 0.279 e. The second-order valence-electron chi connectivity index (χ2n) is 7.68. The van der Waals surface area contributed by atoms with Gasteiger partial charge >= 0.3 is 0 Å². The van der Waals surface area contributed by atoms with E-state index in [-0.39, 0.29) is 10.6 Å². The van der Waals surface area contributed by atoms with Crippen molar-refractivity contribution < 1.29 is 4.92 Å². The fourth-order valence-corrected chi connectivity index (χ4v) is 3.52. The van der Waals surface area contributed by atoms with Crippen LogP contribution in [0, 0.1) is 10.1 Å². The molecule has 1 aliphatic rings. The van der Waals surface area contributed by atoms with Gasteiger partial charge in [0.2, 0.25) is 0 Å². The Balaban J connectivity index is 1.85. The highest BCUT2D eigenvalue weighted by atomic mass is 16.6. The minimum absolute atomic E-state index is 0.105. The molecule has 0 aromatic heterocycles. The Bertz CT molecular complexity index is 601. The topological polar surface area (TPSA) is 67.5 Å². The Morgan fingerprint density at radius 3 is 1.79 bits per heavy atom. The third-order valence-corrected chi connectivity index (χ3v) is 5.26. The van der Waals surface area contributed by atoms with Crippen LogP contribution in [0.2, 0.25) is 0 Å². The molecule has 0 atom stereocenters. The first-order valence-electron chi connectivity index (χ1n) is 11.0. The molecule has 1 N–H and O–H groups in total. The molecule has 0 unspecified atom stereocenters. The van der Waals surface area contributed by atoms with Crippen LogP contribution in [0.3, 0.4) is 0 Å². The Kier molecular flexibility index (Phi) is 11.0. The summed E-state index contributed by atoms with van der Waals surface area (Å²) in [6.45, 7) is 0. The van der Waals surface area contributed by atoms with Crippen LogP contribution in [0.25, 0.3) is 0 Å². The number of nitrogens with one attached hydrogen (secondary N) is 1. The Morgan fingerprint density at radius 2 is 1.25 bits per heavy atom. The summed E-state index contributed by atoms with van der Waals surface area (Å²) in [6.07, 6.45) is 22.0. The van der Waals surface area contributed by atoms with Crippen molar-refractivity contribution in [1.82, 2.24) is 0 Å². The molecule has 28 heavy (non-hydrogen) atoms. The van der Waals surface area contributed by atoms with Crippen LogP contribution in [0.1, 0.15) is 89.9 Å². The van der Waals surface area contributed by atoms with E-state index < -0.39 is 0 Å². The van der Waals surface area contributed by atoms with Crippen molar-refractivity contribution in [3.8, 4) is 0 Å². The number of rotatable bonds is 3. The molecule has 2 rings (SSSR count). The highest BCUT2D eigenvalue weighted by Gasteiger charge is 2.05. The van der Waals surface area contributed by atoms with Gasteiger partial charge in [-0.1, -0.05) is 50.7 Å². The first-order chi connectivity index (χ1) is 13.8. The predicted molar refractivity (Wildman–Crippen MR) is 118 cm³/mol. The molecule has 0 amide bonds. The van der Waals surface area contributed by atoms with Gasteiger partial charge in [0.05, 0.1) is 10.6 Å². The Hall–Kier alpha value is -2.17. The van der Waals surface area contributed by atoms with Gasteiger partial charge in [0.25, 0.3) is 5.69 Å². The summed E-state index contributed by atoms with van der Waals surface area (Å²) in [4.78, 5) is 10.4. The maximum absolute atomic E-state index is 10.8. The molecule has 0 fully saturated rings. The SMILES string of the molecule is O=[N+]([O-])c1ccc(NN=C2CCCCCCC/C=C\CCCCCCC2)cc1. The van der Waals surface area contributed by atoms with Gasteiger partial charge in [-0.15, -0.1) is 0 Å². The minimum atomic E-state index is -0.379. The average molecular weight is 386 g/mol. The molecule has 0 saturated carbocycles. The second kappa shape index (κ2) is 13.9. The number of benzene rings is 1. The number of non-ortho nitro benzene ring substituents is 1. The van der Waals surface area contributed by atoms with E-state index in [1.165, 1.54) is 94.9 Å². The van der Waals surface area contributed by atoms with E-state index in [2.05, 4.69) is 22.7 Å². The quantitative estimate of drug-likeness (QED) is 0.335. The van der Waals surface area contributed by atoms with Crippen LogP contribution in [0.4, 0.5) is 11.4 Å². The lowest BCUT2D eigenvalue weighted by molar-refractivity contribution is -0.384. The number of hydrazone groups is 1. The van der Waals surface area contributed by atoms with Crippen molar-refractivity contribution in [2.45, 2.75) is 89.9 Å². The molecule has 0 saturated heterocycles. The van der Waals surface area contributed by atoms with Gasteiger partial charge < -0.3 is 0 Å². The molecule has 1 aromatic rings. The molecule has 0 bridgehead atoms. The number of allylic oxidation sites excluding steroid dienone is 2. The number of nitro benzene ring substituents is 1. The lowest BCUT2D eigenvalue weighted by atomic mass is 10.0. The maximum Gasteiger partial charge on any atom is 0.269 e. The van der Waals surface area contributed by atoms with Gasteiger partial charge in [0.15, 0.2) is 0 Å². The zero-order valence-corrected chi connectivity index (χ0v) is 17.1. The Labute approximate surface area is 169 Å². The van der Waals surface area contributed by atoms with Crippen molar-refractivity contribution in [3.63, 3.8) is 0 Å². The summed E-state index contributed by atoms with van der Waals surface area (Å²) in [5.74, 6) is 0. The number of hydrogen-bond acceptors (Lipinski definition) is 4. The lowest BCUT2D eigenvalue weighted by Crippen LogP contribution is -2.03. The summed E-state index contributed by atoms with van der Waals surface area (Å²) in [5, 5.41) is 15.4. The average Bonchev–Trinajstić information content (AvgIpc) is 2.71. The third-order valence-electron chi connectivity index (χ3n) is 5.26. The maximum atomic E-state index is 10.8. The molecule has 0 aliphatic heterocycles. The normalized spacial score (nSPS) is 19.4. The second-order valence-corrected chi connectivity index (χ2v) is 7.68. The molecule has 1 aromatic carbocycles. The first-order valence-corrected chi connectivity index (χ1v) is 11.0. The van der Waals surface area contributed by atoms with E-state index >= 15 is 0 Å². The zero-order chi connectivity index (χ0) is 19.9. The van der Waals surface area contributed by atoms with Crippen molar-refractivity contribution in [2.24, 2.45) is 5.10 Å². The zero-order valence-electron chi connectivity index (χ0n) is 17.1. The van der Waals surface area contributed by atoms with Gasteiger partial charge in [-0.25, -0.2) is 0 Å². The Morgan fingerprint density at radius 1 is 0.750 bits per heavy atom. The fourth-order valence-electron chi connectivity index (χ4n) is 3.52. The van der Waals surface area contributed by atoms with Gasteiger partial charge in [-0.05, 0) is 63.5 Å². The summed E-state index contributed by atoms with van der Waals surface area (Å²) in [6, 6.07) is 6.46. The number of anilines is 1. The molecular weight excluding hydrogens is 350 g/mol. The van der Waals surface area contributed by atoms with Gasteiger partial charge in [0, 0.05) is 17.8 Å². The summed E-state index contributed by atoms with van der Waals surface area (Å²) in [7, 11) is 0. The third kappa shape index (κ3) is 9.67. The van der Waals surface area contributed by atoms with Crippen molar-refractivity contribution >= 4 is 17.1 Å². The summed E-state index contributed by atoms with van der Waals surface area (Å²) >= 11 is 0. The summed E-state index contributed by atoms with van der Waals surface area (Å²) < 4.78 is 0. The van der Waals surface area contributed by atoms with Gasteiger partial charge in [-0.2, -0.15) is 5.10 Å². The van der Waals surface area contributed by atoms with Crippen LogP contribution < -0.4 is 5.43 Å². The van der Waals surface area contributed by atoms with Crippen molar-refractivity contribution in [2.75, 3.05) is 5.43 Å². The number of hydrogen-bond donors (Lipinski definition) is 1. The number of nitro groups is 1. The van der Waals surface area contributed by atoms with Gasteiger partial charge in [-0.3, -0.25) is 15.5 Å². The molecule has 0 heterocycles. The first kappa shape index (κ1) is 22.1. The molecule has 154 valence electrons. The van der Waals surface area contributed by atoms with E-state index in [9.17, 15) is 10.1 Å². The fraction of sp³-hybridized carbons (Fsp3) is 0.609. The van der Waals surface area contributed by atoms with Gasteiger partial charge in [0.1, 0.15) is 0 Å².